The second-order valence-corrected chi connectivity index (χ2v) is 9.02. The van der Waals surface area contributed by atoms with Crippen LogP contribution in [0.3, 0.4) is 0 Å². The fourth-order valence-corrected chi connectivity index (χ4v) is 4.78. The Morgan fingerprint density at radius 1 is 1.19 bits per heavy atom. The molecule has 26 heavy (non-hydrogen) atoms. The van der Waals surface area contributed by atoms with Crippen LogP contribution in [0.25, 0.3) is 11.1 Å². The number of halogens is 1. The summed E-state index contributed by atoms with van der Waals surface area (Å²) in [7, 11) is -3.04. The first-order valence-electron chi connectivity index (χ1n) is 8.36. The first kappa shape index (κ1) is 18.7. The molecule has 2 aromatic rings. The molecule has 0 radical (unpaired) electrons. The highest BCUT2D eigenvalue weighted by Crippen LogP contribution is 2.31. The molecule has 0 aromatic heterocycles. The molecular formula is C19H20ClNO4S. The minimum atomic E-state index is -3.04. The van der Waals surface area contributed by atoms with Crippen molar-refractivity contribution in [2.75, 3.05) is 11.5 Å². The molecule has 5 nitrogen and oxygen atoms in total. The van der Waals surface area contributed by atoms with Gasteiger partial charge in [-0.15, -0.1) is 0 Å². The van der Waals surface area contributed by atoms with Crippen molar-refractivity contribution in [3.05, 3.63) is 53.6 Å². The minimum Gasteiger partial charge on any atom is -0.479 e. The third-order valence-corrected chi connectivity index (χ3v) is 6.35. The molecule has 0 saturated carbocycles. The van der Waals surface area contributed by atoms with Gasteiger partial charge in [-0.3, -0.25) is 4.79 Å². The average Bonchev–Trinajstić information content (AvgIpc) is 2.95. The van der Waals surface area contributed by atoms with Gasteiger partial charge in [0.1, 0.15) is 5.75 Å². The summed E-state index contributed by atoms with van der Waals surface area (Å²) < 4.78 is 28.6. The molecule has 1 fully saturated rings. The van der Waals surface area contributed by atoms with E-state index in [9.17, 15) is 13.2 Å². The Morgan fingerprint density at radius 3 is 2.54 bits per heavy atom. The van der Waals surface area contributed by atoms with Gasteiger partial charge in [-0.25, -0.2) is 8.42 Å². The van der Waals surface area contributed by atoms with Crippen LogP contribution in [-0.2, 0) is 14.6 Å². The average molecular weight is 394 g/mol. The maximum atomic E-state index is 12.2. The molecule has 1 amide bonds. The highest BCUT2D eigenvalue weighted by Gasteiger charge is 2.30. The lowest BCUT2D eigenvalue weighted by atomic mass is 10.1. The van der Waals surface area contributed by atoms with Gasteiger partial charge in [-0.2, -0.15) is 0 Å². The van der Waals surface area contributed by atoms with Crippen molar-refractivity contribution in [3.8, 4) is 16.9 Å². The van der Waals surface area contributed by atoms with Crippen LogP contribution >= 0.6 is 11.6 Å². The van der Waals surface area contributed by atoms with Gasteiger partial charge in [0.2, 0.25) is 0 Å². The van der Waals surface area contributed by atoms with E-state index < -0.39 is 15.9 Å². The quantitative estimate of drug-likeness (QED) is 0.847. The van der Waals surface area contributed by atoms with Gasteiger partial charge >= 0.3 is 0 Å². The molecule has 1 aliphatic heterocycles. The largest absolute Gasteiger partial charge is 0.479 e. The van der Waals surface area contributed by atoms with Crippen LogP contribution in [0.15, 0.2) is 48.5 Å². The highest BCUT2D eigenvalue weighted by atomic mass is 35.5. The molecule has 3 rings (SSSR count). The van der Waals surface area contributed by atoms with Crippen LogP contribution in [0.5, 0.6) is 5.75 Å². The Kier molecular flexibility index (Phi) is 5.53. The Labute approximate surface area is 158 Å². The number of hydrogen-bond acceptors (Lipinski definition) is 4. The predicted molar refractivity (Wildman–Crippen MR) is 102 cm³/mol. The van der Waals surface area contributed by atoms with E-state index in [1.54, 1.807) is 19.1 Å². The third-order valence-electron chi connectivity index (χ3n) is 4.29. The molecule has 0 aliphatic carbocycles. The number of nitrogens with one attached hydrogen (secondary N) is 1. The Hall–Kier alpha value is -2.05. The molecule has 1 heterocycles. The van der Waals surface area contributed by atoms with Crippen molar-refractivity contribution in [2.45, 2.75) is 25.5 Å². The number of rotatable bonds is 5. The van der Waals surface area contributed by atoms with E-state index in [1.165, 1.54) is 0 Å². The third kappa shape index (κ3) is 4.56. The number of sulfone groups is 1. The molecular weight excluding hydrogens is 374 g/mol. The minimum absolute atomic E-state index is 0.0159. The van der Waals surface area contributed by atoms with Crippen molar-refractivity contribution in [1.29, 1.82) is 0 Å². The Balaban J connectivity index is 1.64. The second kappa shape index (κ2) is 7.68. The molecule has 2 aromatic carbocycles. The number of carbonyl (C=O) groups excluding carboxylic acids is 1. The first-order chi connectivity index (χ1) is 12.3. The van der Waals surface area contributed by atoms with E-state index in [0.717, 1.165) is 11.1 Å². The summed E-state index contributed by atoms with van der Waals surface area (Å²) in [6.07, 6.45) is -0.341. The van der Waals surface area contributed by atoms with E-state index in [4.69, 9.17) is 16.3 Å². The zero-order chi connectivity index (χ0) is 18.7. The van der Waals surface area contributed by atoms with E-state index >= 15 is 0 Å². The van der Waals surface area contributed by atoms with Gasteiger partial charge in [0.25, 0.3) is 5.91 Å². The lowest BCUT2D eigenvalue weighted by Crippen LogP contribution is -2.43. The van der Waals surface area contributed by atoms with Gasteiger partial charge < -0.3 is 10.1 Å². The highest BCUT2D eigenvalue weighted by molar-refractivity contribution is 7.91. The second-order valence-electron chi connectivity index (χ2n) is 6.38. The van der Waals surface area contributed by atoms with E-state index in [1.807, 2.05) is 36.4 Å². The summed E-state index contributed by atoms with van der Waals surface area (Å²) in [6.45, 7) is 1.61. The molecule has 1 saturated heterocycles. The first-order valence-corrected chi connectivity index (χ1v) is 10.6. The molecule has 2 atom stereocenters. The number of ether oxygens (including phenoxy) is 1. The molecule has 1 aliphatic rings. The van der Waals surface area contributed by atoms with E-state index in [2.05, 4.69) is 5.32 Å². The number of carbonyl (C=O) groups is 1. The van der Waals surface area contributed by atoms with Crippen LogP contribution in [0.2, 0.25) is 5.02 Å². The van der Waals surface area contributed by atoms with Gasteiger partial charge in [-0.05, 0) is 36.6 Å². The van der Waals surface area contributed by atoms with Crippen LogP contribution in [-0.4, -0.2) is 38.0 Å². The zero-order valence-electron chi connectivity index (χ0n) is 14.3. The van der Waals surface area contributed by atoms with Gasteiger partial charge in [0, 0.05) is 6.04 Å². The van der Waals surface area contributed by atoms with Gasteiger partial charge in [0.15, 0.2) is 15.9 Å². The van der Waals surface area contributed by atoms with Crippen LogP contribution < -0.4 is 10.1 Å². The molecule has 0 spiro atoms. The van der Waals surface area contributed by atoms with Crippen LogP contribution in [0, 0.1) is 0 Å². The molecule has 0 bridgehead atoms. The summed E-state index contributed by atoms with van der Waals surface area (Å²) in [4.78, 5) is 12.2. The monoisotopic (exact) mass is 393 g/mol. The fraction of sp³-hybridized carbons (Fsp3) is 0.316. The van der Waals surface area contributed by atoms with Crippen LogP contribution in [0.4, 0.5) is 0 Å². The van der Waals surface area contributed by atoms with Gasteiger partial charge in [-0.1, -0.05) is 48.0 Å². The van der Waals surface area contributed by atoms with Crippen molar-refractivity contribution in [2.24, 2.45) is 0 Å². The smallest absolute Gasteiger partial charge is 0.261 e. The lowest BCUT2D eigenvalue weighted by Gasteiger charge is -2.18. The normalized spacial score (nSPS) is 19.7. The van der Waals surface area contributed by atoms with Crippen molar-refractivity contribution in [1.82, 2.24) is 5.32 Å². The topological polar surface area (TPSA) is 72.5 Å². The summed E-state index contributed by atoms with van der Waals surface area (Å²) in [5.41, 5.74) is 1.99. The van der Waals surface area contributed by atoms with E-state index in [-0.39, 0.29) is 23.5 Å². The summed E-state index contributed by atoms with van der Waals surface area (Å²) in [5, 5.41) is 3.14. The number of hydrogen-bond donors (Lipinski definition) is 1. The maximum Gasteiger partial charge on any atom is 0.261 e. The Bertz CT molecular complexity index is 899. The molecule has 7 heteroatoms. The molecule has 2 unspecified atom stereocenters. The van der Waals surface area contributed by atoms with Crippen molar-refractivity contribution < 1.29 is 17.9 Å². The zero-order valence-corrected chi connectivity index (χ0v) is 15.9. The summed E-state index contributed by atoms with van der Waals surface area (Å²) >= 11 is 6.30. The lowest BCUT2D eigenvalue weighted by molar-refractivity contribution is -0.127. The molecule has 138 valence electrons. The summed E-state index contributed by atoms with van der Waals surface area (Å²) in [5.74, 6) is 0.154. The number of benzene rings is 2. The van der Waals surface area contributed by atoms with E-state index in [0.29, 0.717) is 17.2 Å². The molecule has 1 N–H and O–H groups in total. The summed E-state index contributed by atoms with van der Waals surface area (Å²) in [6, 6.07) is 14.9. The maximum absolute atomic E-state index is 12.2. The fourth-order valence-electron chi connectivity index (χ4n) is 2.88. The SMILES string of the molecule is CC(Oc1ccc(-c2ccccc2)cc1Cl)C(=O)NC1CCS(=O)(=O)C1. The van der Waals surface area contributed by atoms with Crippen LogP contribution in [0.1, 0.15) is 13.3 Å². The predicted octanol–water partition coefficient (Wildman–Crippen LogP) is 3.08. The van der Waals surface area contributed by atoms with Crippen molar-refractivity contribution in [3.63, 3.8) is 0 Å². The Morgan fingerprint density at radius 2 is 1.92 bits per heavy atom. The van der Waals surface area contributed by atoms with Crippen molar-refractivity contribution >= 4 is 27.3 Å². The number of amides is 1. The standard InChI is InChI=1S/C19H20ClNO4S/c1-13(19(22)21-16-9-10-26(23,24)12-16)25-18-8-7-15(11-17(18)20)14-5-3-2-4-6-14/h2-8,11,13,16H,9-10,12H2,1H3,(H,21,22). The van der Waals surface area contributed by atoms with Gasteiger partial charge in [0.05, 0.1) is 16.5 Å².